The number of fused-ring (bicyclic) bond motifs is 3. The maximum absolute atomic E-state index is 14.2. The lowest BCUT2D eigenvalue weighted by atomic mass is 9.77. The Morgan fingerprint density at radius 3 is 2.88 bits per heavy atom. The third kappa shape index (κ3) is 2.87. The molecule has 1 saturated heterocycles. The summed E-state index contributed by atoms with van der Waals surface area (Å²) in [6, 6.07) is 9.80. The highest BCUT2D eigenvalue weighted by molar-refractivity contribution is 6.30. The number of hydrogen-bond donors (Lipinski definition) is 2. The second-order valence-corrected chi connectivity index (χ2v) is 6.93. The first kappa shape index (κ1) is 16.4. The summed E-state index contributed by atoms with van der Waals surface area (Å²) in [4.78, 5) is 11.0. The van der Waals surface area contributed by atoms with Gasteiger partial charge in [-0.05, 0) is 48.7 Å². The van der Waals surface area contributed by atoms with Crippen LogP contribution in [0.4, 0.5) is 10.1 Å². The fourth-order valence-corrected chi connectivity index (χ4v) is 4.05. The highest BCUT2D eigenvalue weighted by Gasteiger charge is 2.40. The van der Waals surface area contributed by atoms with E-state index in [4.69, 9.17) is 21.4 Å². The number of aromatic carboxylic acids is 1. The Kier molecular flexibility index (Phi) is 4.13. The standard InChI is InChI=1S/C19H17ClFNO3/c20-11-4-6-16-14(9-11)18-13(2-1-7-25-18)17(22-16)10-3-5-12(19(23)24)15(21)8-10/h3-6,8-9,13,17-18,22H,1-2,7H2,(H,23,24)/t13-,17-,18-/m1/s1. The summed E-state index contributed by atoms with van der Waals surface area (Å²) in [5.41, 5.74) is 2.35. The van der Waals surface area contributed by atoms with Crippen LogP contribution in [-0.4, -0.2) is 17.7 Å². The Morgan fingerprint density at radius 2 is 2.12 bits per heavy atom. The van der Waals surface area contributed by atoms with Gasteiger partial charge in [-0.25, -0.2) is 9.18 Å². The van der Waals surface area contributed by atoms with Crippen molar-refractivity contribution < 1.29 is 19.0 Å². The van der Waals surface area contributed by atoms with Crippen molar-refractivity contribution in [1.82, 2.24) is 0 Å². The molecule has 1 fully saturated rings. The van der Waals surface area contributed by atoms with E-state index in [1.165, 1.54) is 12.1 Å². The topological polar surface area (TPSA) is 58.6 Å². The van der Waals surface area contributed by atoms with Gasteiger partial charge in [-0.1, -0.05) is 17.7 Å². The van der Waals surface area contributed by atoms with E-state index < -0.39 is 11.8 Å². The van der Waals surface area contributed by atoms with E-state index in [0.717, 1.165) is 29.7 Å². The van der Waals surface area contributed by atoms with E-state index in [-0.39, 0.29) is 23.6 Å². The predicted molar refractivity (Wildman–Crippen MR) is 92.6 cm³/mol. The lowest BCUT2D eigenvalue weighted by molar-refractivity contribution is -0.0381. The largest absolute Gasteiger partial charge is 0.478 e. The molecule has 2 aliphatic heterocycles. The molecule has 6 heteroatoms. The Balaban J connectivity index is 1.76. The van der Waals surface area contributed by atoms with Crippen LogP contribution in [0.15, 0.2) is 36.4 Å². The molecule has 2 N–H and O–H groups in total. The molecule has 0 aliphatic carbocycles. The van der Waals surface area contributed by atoms with Gasteiger partial charge in [-0.2, -0.15) is 0 Å². The van der Waals surface area contributed by atoms with Crippen molar-refractivity contribution in [2.75, 3.05) is 11.9 Å². The number of rotatable bonds is 2. The Labute approximate surface area is 149 Å². The summed E-state index contributed by atoms with van der Waals surface area (Å²) in [7, 11) is 0. The fraction of sp³-hybridized carbons (Fsp3) is 0.316. The number of carbonyl (C=O) groups is 1. The molecule has 4 nitrogen and oxygen atoms in total. The van der Waals surface area contributed by atoms with Crippen molar-refractivity contribution in [2.24, 2.45) is 5.92 Å². The summed E-state index contributed by atoms with van der Waals surface area (Å²) in [6.45, 7) is 0.687. The van der Waals surface area contributed by atoms with Crippen molar-refractivity contribution in [3.05, 3.63) is 63.9 Å². The maximum atomic E-state index is 14.2. The Morgan fingerprint density at radius 1 is 1.28 bits per heavy atom. The summed E-state index contributed by atoms with van der Waals surface area (Å²) < 4.78 is 20.2. The molecule has 130 valence electrons. The van der Waals surface area contributed by atoms with E-state index >= 15 is 0 Å². The van der Waals surface area contributed by atoms with Crippen LogP contribution in [0.2, 0.25) is 5.02 Å². The number of carboxylic acid groups (broad SMARTS) is 1. The normalized spacial score (nSPS) is 24.8. The van der Waals surface area contributed by atoms with E-state index in [9.17, 15) is 9.18 Å². The lowest BCUT2D eigenvalue weighted by Crippen LogP contribution is -2.36. The monoisotopic (exact) mass is 361 g/mol. The second-order valence-electron chi connectivity index (χ2n) is 6.50. The van der Waals surface area contributed by atoms with Crippen LogP contribution in [0, 0.1) is 11.7 Å². The van der Waals surface area contributed by atoms with Crippen molar-refractivity contribution in [1.29, 1.82) is 0 Å². The Hall–Kier alpha value is -2.11. The van der Waals surface area contributed by atoms with Crippen molar-refractivity contribution in [3.8, 4) is 0 Å². The molecule has 0 amide bonds. The van der Waals surface area contributed by atoms with Gasteiger partial charge in [0.25, 0.3) is 0 Å². The molecule has 2 aromatic carbocycles. The lowest BCUT2D eigenvalue weighted by Gasteiger charge is -2.43. The number of hydrogen-bond acceptors (Lipinski definition) is 3. The Bertz CT molecular complexity index is 841. The average Bonchev–Trinajstić information content (AvgIpc) is 2.61. The first-order valence-corrected chi connectivity index (χ1v) is 8.63. The summed E-state index contributed by atoms with van der Waals surface area (Å²) in [6.07, 6.45) is 1.78. The van der Waals surface area contributed by atoms with E-state index in [0.29, 0.717) is 11.6 Å². The van der Waals surface area contributed by atoms with Crippen LogP contribution in [0.5, 0.6) is 0 Å². The minimum Gasteiger partial charge on any atom is -0.478 e. The average molecular weight is 362 g/mol. The predicted octanol–water partition coefficient (Wildman–Crippen LogP) is 4.81. The van der Waals surface area contributed by atoms with Crippen LogP contribution in [0.25, 0.3) is 0 Å². The van der Waals surface area contributed by atoms with Gasteiger partial charge in [0, 0.05) is 28.8 Å². The zero-order valence-electron chi connectivity index (χ0n) is 13.3. The van der Waals surface area contributed by atoms with Gasteiger partial charge >= 0.3 is 5.97 Å². The number of anilines is 1. The SMILES string of the molecule is O=C(O)c1ccc([C@H]2Nc3ccc(Cl)cc3[C@@H]3OCCC[C@H]23)cc1F. The fourth-order valence-electron chi connectivity index (χ4n) is 3.87. The number of carboxylic acids is 1. The van der Waals surface area contributed by atoms with Crippen LogP contribution in [0.3, 0.4) is 0 Å². The van der Waals surface area contributed by atoms with E-state index in [2.05, 4.69) is 5.32 Å². The smallest absolute Gasteiger partial charge is 0.338 e. The molecule has 4 rings (SSSR count). The molecule has 0 bridgehead atoms. The highest BCUT2D eigenvalue weighted by atomic mass is 35.5. The van der Waals surface area contributed by atoms with Gasteiger partial charge < -0.3 is 15.2 Å². The van der Waals surface area contributed by atoms with Gasteiger partial charge in [0.15, 0.2) is 0 Å². The molecule has 25 heavy (non-hydrogen) atoms. The number of ether oxygens (including phenoxy) is 1. The maximum Gasteiger partial charge on any atom is 0.338 e. The minimum absolute atomic E-state index is 0.101. The number of nitrogens with one attached hydrogen (secondary N) is 1. The van der Waals surface area contributed by atoms with Gasteiger partial charge in [0.1, 0.15) is 5.82 Å². The van der Waals surface area contributed by atoms with Crippen molar-refractivity contribution in [3.63, 3.8) is 0 Å². The first-order valence-electron chi connectivity index (χ1n) is 8.25. The zero-order chi connectivity index (χ0) is 17.6. The quantitative estimate of drug-likeness (QED) is 0.805. The molecule has 2 aliphatic rings. The molecule has 0 radical (unpaired) electrons. The molecule has 0 aromatic heterocycles. The number of benzene rings is 2. The van der Waals surface area contributed by atoms with Gasteiger partial charge in [0.05, 0.1) is 17.7 Å². The first-order chi connectivity index (χ1) is 12.0. The van der Waals surface area contributed by atoms with Crippen molar-refractivity contribution in [2.45, 2.75) is 25.0 Å². The van der Waals surface area contributed by atoms with Crippen LogP contribution in [-0.2, 0) is 4.74 Å². The van der Waals surface area contributed by atoms with Gasteiger partial charge in [-0.15, -0.1) is 0 Å². The van der Waals surface area contributed by atoms with Crippen LogP contribution >= 0.6 is 11.6 Å². The van der Waals surface area contributed by atoms with E-state index in [1.54, 1.807) is 6.07 Å². The molecule has 0 saturated carbocycles. The molecule has 3 atom stereocenters. The molecular formula is C19H17ClFNO3. The third-order valence-corrected chi connectivity index (χ3v) is 5.25. The molecule has 2 heterocycles. The minimum atomic E-state index is -1.26. The zero-order valence-corrected chi connectivity index (χ0v) is 14.1. The second kappa shape index (κ2) is 6.32. The van der Waals surface area contributed by atoms with Gasteiger partial charge in [0.2, 0.25) is 0 Å². The van der Waals surface area contributed by atoms with Crippen LogP contribution in [0.1, 0.15) is 46.5 Å². The molecule has 0 unspecified atom stereocenters. The molecular weight excluding hydrogens is 345 g/mol. The van der Waals surface area contributed by atoms with Crippen LogP contribution < -0.4 is 5.32 Å². The highest BCUT2D eigenvalue weighted by Crippen LogP contribution is 2.49. The summed E-state index contributed by atoms with van der Waals surface area (Å²) >= 11 is 6.14. The van der Waals surface area contributed by atoms with E-state index in [1.807, 2.05) is 18.2 Å². The number of halogens is 2. The molecule has 2 aromatic rings. The molecule has 0 spiro atoms. The summed E-state index contributed by atoms with van der Waals surface area (Å²) in [5.74, 6) is -1.85. The third-order valence-electron chi connectivity index (χ3n) is 5.01. The van der Waals surface area contributed by atoms with Crippen molar-refractivity contribution >= 4 is 23.3 Å². The summed E-state index contributed by atoms with van der Waals surface area (Å²) in [5, 5.41) is 13.1. The van der Waals surface area contributed by atoms with Gasteiger partial charge in [-0.3, -0.25) is 0 Å².